The van der Waals surface area contributed by atoms with E-state index in [1.165, 1.54) is 15.4 Å². The van der Waals surface area contributed by atoms with Gasteiger partial charge in [0.1, 0.15) is 12.2 Å². The van der Waals surface area contributed by atoms with Gasteiger partial charge in [0, 0.05) is 44.1 Å². The average molecular weight is 859 g/mol. The maximum absolute atomic E-state index is 13.8. The number of piperidine rings is 1. The van der Waals surface area contributed by atoms with E-state index in [9.17, 15) is 40.7 Å². The molecule has 1 spiro atoms. The van der Waals surface area contributed by atoms with Crippen LogP contribution in [0.2, 0.25) is 10.0 Å². The van der Waals surface area contributed by atoms with Crippen molar-refractivity contribution in [3.05, 3.63) is 104 Å². The summed E-state index contributed by atoms with van der Waals surface area (Å²) in [5.41, 5.74) is -2.66. The molecule has 0 aromatic heterocycles. The van der Waals surface area contributed by atoms with Gasteiger partial charge < -0.3 is 29.3 Å². The zero-order valence-corrected chi connectivity index (χ0v) is 33.1. The van der Waals surface area contributed by atoms with Crippen molar-refractivity contribution in [1.82, 2.24) is 14.7 Å². The Morgan fingerprint density at radius 2 is 1.60 bits per heavy atom. The number of morpholine rings is 1. The van der Waals surface area contributed by atoms with E-state index in [1.54, 1.807) is 25.2 Å². The summed E-state index contributed by atoms with van der Waals surface area (Å²) in [4.78, 5) is 42.6. The lowest BCUT2D eigenvalue weighted by Gasteiger charge is -2.46. The minimum Gasteiger partial charge on any atom is -0.481 e. The third kappa shape index (κ3) is 9.59. The van der Waals surface area contributed by atoms with Crippen LogP contribution in [0.15, 0.2) is 60.7 Å². The maximum atomic E-state index is 13.8. The highest BCUT2D eigenvalue weighted by atomic mass is 35.5. The molecule has 0 unspecified atom stereocenters. The van der Waals surface area contributed by atoms with Crippen molar-refractivity contribution in [1.29, 1.82) is 0 Å². The van der Waals surface area contributed by atoms with Gasteiger partial charge >= 0.3 is 18.3 Å². The van der Waals surface area contributed by atoms with Gasteiger partial charge in [0.15, 0.2) is 0 Å². The van der Waals surface area contributed by atoms with E-state index in [1.807, 2.05) is 12.1 Å². The number of alkyl halides is 6. The zero-order valence-electron chi connectivity index (χ0n) is 31.6. The number of likely N-dealkylation sites (tertiary alicyclic amines) is 1. The second-order valence-electron chi connectivity index (χ2n) is 15.2. The van der Waals surface area contributed by atoms with Gasteiger partial charge in [0.2, 0.25) is 5.91 Å². The Balaban J connectivity index is 1.19. The molecule has 2 aliphatic heterocycles. The van der Waals surface area contributed by atoms with Crippen molar-refractivity contribution in [2.24, 2.45) is 0 Å². The largest absolute Gasteiger partial charge is 0.481 e. The Kier molecular flexibility index (Phi) is 13.1. The maximum Gasteiger partial charge on any atom is 0.416 e. The molecule has 0 radical (unpaired) electrons. The highest BCUT2D eigenvalue weighted by Crippen LogP contribution is 2.48. The molecule has 2 atom stereocenters. The molecule has 314 valence electrons. The summed E-state index contributed by atoms with van der Waals surface area (Å²) in [6, 6.07) is 13.8. The van der Waals surface area contributed by atoms with E-state index >= 15 is 0 Å². The second-order valence-corrected chi connectivity index (χ2v) is 16.0. The molecule has 0 saturated carbocycles. The van der Waals surface area contributed by atoms with Gasteiger partial charge in [-0.3, -0.25) is 14.4 Å². The third-order valence-corrected chi connectivity index (χ3v) is 12.4. The van der Waals surface area contributed by atoms with Gasteiger partial charge in [-0.15, -0.1) is 0 Å². The summed E-state index contributed by atoms with van der Waals surface area (Å²) in [5, 5.41) is 9.41. The monoisotopic (exact) mass is 857 g/mol. The van der Waals surface area contributed by atoms with E-state index in [-0.39, 0.29) is 72.7 Å². The summed E-state index contributed by atoms with van der Waals surface area (Å²) >= 11 is 12.7. The van der Waals surface area contributed by atoms with Crippen molar-refractivity contribution < 1.29 is 55.3 Å². The van der Waals surface area contributed by atoms with Crippen LogP contribution < -0.4 is 0 Å². The Bertz CT molecular complexity index is 1970. The van der Waals surface area contributed by atoms with Gasteiger partial charge in [-0.25, -0.2) is 0 Å². The van der Waals surface area contributed by atoms with Crippen molar-refractivity contribution in [2.45, 2.75) is 68.0 Å². The van der Waals surface area contributed by atoms with Crippen LogP contribution in [0.25, 0.3) is 0 Å². The number of carboxylic acids is 1. The number of carboxylic acid groups (broad SMARTS) is 1. The lowest BCUT2D eigenvalue weighted by molar-refractivity contribution is -0.143. The van der Waals surface area contributed by atoms with Gasteiger partial charge in [-0.2, -0.15) is 26.3 Å². The molecule has 2 saturated heterocycles. The number of benzene rings is 3. The molecular formula is C41H43Cl2F6N3O6. The number of amides is 2. The third-order valence-electron chi connectivity index (χ3n) is 11.6. The van der Waals surface area contributed by atoms with Crippen LogP contribution in [0.5, 0.6) is 0 Å². The SMILES string of the molecule is CN(CCCC(=O)O)C(=O)CO[C@H]1Cc2ccccc2C12CCN(CC[C@@]1(c3ccc(Cl)c(Cl)c3)CN(C(=O)c3cc(C(F)(F)F)cc(C(F)(F)F)c3)CCO1)CC2. The number of halogens is 8. The van der Waals surface area contributed by atoms with E-state index in [0.717, 1.165) is 5.56 Å². The quantitative estimate of drug-likeness (QED) is 0.184. The van der Waals surface area contributed by atoms with Crippen LogP contribution in [0.3, 0.4) is 0 Å². The summed E-state index contributed by atoms with van der Waals surface area (Å²) in [7, 11) is 1.62. The molecule has 6 rings (SSSR count). The fourth-order valence-electron chi connectivity index (χ4n) is 8.42. The molecule has 2 amide bonds. The highest BCUT2D eigenvalue weighted by molar-refractivity contribution is 6.42. The molecule has 2 fully saturated rings. The molecule has 9 nitrogen and oxygen atoms in total. The Hall–Kier alpha value is -3.89. The minimum atomic E-state index is -5.12. The Labute approximate surface area is 341 Å². The summed E-state index contributed by atoms with van der Waals surface area (Å²) in [6.45, 7) is 1.54. The average Bonchev–Trinajstić information content (AvgIpc) is 3.48. The first-order valence-corrected chi connectivity index (χ1v) is 19.6. The Morgan fingerprint density at radius 1 is 0.931 bits per heavy atom. The van der Waals surface area contributed by atoms with E-state index < -0.39 is 46.5 Å². The number of rotatable bonds is 12. The van der Waals surface area contributed by atoms with E-state index in [0.29, 0.717) is 69.6 Å². The first kappa shape index (κ1) is 43.7. The predicted octanol–water partition coefficient (Wildman–Crippen LogP) is 8.09. The lowest BCUT2D eigenvalue weighted by atomic mass is 9.72. The van der Waals surface area contributed by atoms with Crippen LogP contribution in [-0.4, -0.2) is 103 Å². The zero-order chi connectivity index (χ0) is 42.0. The number of hydrogen-bond acceptors (Lipinski definition) is 6. The van der Waals surface area contributed by atoms with Crippen molar-refractivity contribution in [2.75, 3.05) is 59.5 Å². The smallest absolute Gasteiger partial charge is 0.416 e. The molecule has 1 N–H and O–H groups in total. The van der Waals surface area contributed by atoms with Crippen LogP contribution in [0.4, 0.5) is 26.3 Å². The number of carbonyl (C=O) groups is 3. The molecule has 2 heterocycles. The van der Waals surface area contributed by atoms with Crippen molar-refractivity contribution >= 4 is 41.0 Å². The summed E-state index contributed by atoms with van der Waals surface area (Å²) in [6.07, 6.45) is -7.93. The number of ether oxygens (including phenoxy) is 2. The highest BCUT2D eigenvalue weighted by Gasteiger charge is 2.50. The fraction of sp³-hybridized carbons (Fsp3) is 0.488. The number of nitrogens with zero attached hydrogens (tertiary/aromatic N) is 3. The van der Waals surface area contributed by atoms with Gasteiger partial charge in [0.05, 0.1) is 40.4 Å². The first-order valence-electron chi connectivity index (χ1n) is 18.9. The number of fused-ring (bicyclic) bond motifs is 2. The molecule has 58 heavy (non-hydrogen) atoms. The summed E-state index contributed by atoms with van der Waals surface area (Å²) in [5.74, 6) is -2.17. The molecule has 3 aliphatic rings. The first-order chi connectivity index (χ1) is 27.3. The van der Waals surface area contributed by atoms with Gasteiger partial charge in [0.25, 0.3) is 5.91 Å². The predicted molar refractivity (Wildman–Crippen MR) is 203 cm³/mol. The number of carbonyl (C=O) groups excluding carboxylic acids is 2. The van der Waals surface area contributed by atoms with Gasteiger partial charge in [-0.05, 0) is 92.2 Å². The normalized spacial score (nSPS) is 20.9. The van der Waals surface area contributed by atoms with E-state index in [2.05, 4.69) is 17.0 Å². The number of hydrogen-bond donors (Lipinski definition) is 1. The molecule has 17 heteroatoms. The second kappa shape index (κ2) is 17.4. The minimum absolute atomic E-state index is 0.0109. The van der Waals surface area contributed by atoms with E-state index in [4.69, 9.17) is 37.8 Å². The van der Waals surface area contributed by atoms with Gasteiger partial charge in [-0.1, -0.05) is 53.5 Å². The molecule has 3 aromatic rings. The Morgan fingerprint density at radius 3 is 2.24 bits per heavy atom. The van der Waals surface area contributed by atoms with Crippen LogP contribution >= 0.6 is 23.2 Å². The van der Waals surface area contributed by atoms with Crippen LogP contribution in [0, 0.1) is 0 Å². The van der Waals surface area contributed by atoms with Crippen LogP contribution in [0.1, 0.15) is 70.3 Å². The lowest BCUT2D eigenvalue weighted by Crippen LogP contribution is -2.54. The van der Waals surface area contributed by atoms with Crippen LogP contribution in [-0.2, 0) is 48.9 Å². The number of likely N-dealkylation sites (N-methyl/N-ethyl adjacent to an activating group) is 1. The summed E-state index contributed by atoms with van der Waals surface area (Å²) < 4.78 is 95.0. The van der Waals surface area contributed by atoms with Crippen molar-refractivity contribution in [3.8, 4) is 0 Å². The fourth-order valence-corrected chi connectivity index (χ4v) is 8.72. The topological polar surface area (TPSA) is 99.6 Å². The van der Waals surface area contributed by atoms with Crippen molar-refractivity contribution in [3.63, 3.8) is 0 Å². The molecule has 0 bridgehead atoms. The standard InChI is InChI=1S/C41H43Cl2F6N3O6/c1-50(13-4-7-36(54)55)35(53)24-57-34-21-26-5-2-3-6-31(26)38(34)10-14-51(15-11-38)16-12-39(28-8-9-32(42)33(43)23-28)25-52(17-18-58-39)37(56)27-19-29(40(44,45)46)22-30(20-27)41(47,48)49/h2-3,5-6,8-9,19-20,22-23,34H,4,7,10-18,21,24-25H2,1H3,(H,54,55)/t34-,39-/m0/s1. The molecular weight excluding hydrogens is 815 g/mol. The molecule has 1 aliphatic carbocycles. The molecule has 3 aromatic carbocycles. The number of aliphatic carboxylic acids is 1.